The molecule has 3 aliphatic rings. The molecule has 2 heterocycles. The molecule has 37 heavy (non-hydrogen) atoms. The van der Waals surface area contributed by atoms with Gasteiger partial charge in [0.05, 0.1) is 5.54 Å². The standard InChI is InChI=1S/C28H32Cl2N4O3/c1-19(35)33-12-14-34(15-13-33)26(37)27(10-3-2-4-11-27)32-28(18-20-6-5-7-21(29)16-20)23-9-8-22(30)17-24(23)31-25(28)36/h5-9,16-17,32H,2-4,10-15,18H2,1H3,(H,31,36). The molecule has 2 aromatic carbocycles. The predicted molar refractivity (Wildman–Crippen MR) is 145 cm³/mol. The first-order valence-electron chi connectivity index (χ1n) is 12.9. The summed E-state index contributed by atoms with van der Waals surface area (Å²) in [6, 6.07) is 12.9. The molecule has 3 amide bonds. The van der Waals surface area contributed by atoms with Crippen LogP contribution in [-0.2, 0) is 26.3 Å². The number of benzene rings is 2. The summed E-state index contributed by atoms with van der Waals surface area (Å²) in [5.74, 6) is -0.170. The van der Waals surface area contributed by atoms with Crippen molar-refractivity contribution in [2.24, 2.45) is 0 Å². The van der Waals surface area contributed by atoms with Crippen LogP contribution in [0.15, 0.2) is 42.5 Å². The average Bonchev–Trinajstić information content (AvgIpc) is 3.13. The van der Waals surface area contributed by atoms with Crippen molar-refractivity contribution < 1.29 is 14.4 Å². The molecule has 1 unspecified atom stereocenters. The van der Waals surface area contributed by atoms with Crippen molar-refractivity contribution in [3.05, 3.63) is 63.6 Å². The summed E-state index contributed by atoms with van der Waals surface area (Å²) in [6.07, 6.45) is 4.47. The first-order valence-corrected chi connectivity index (χ1v) is 13.7. The summed E-state index contributed by atoms with van der Waals surface area (Å²) < 4.78 is 0. The second-order valence-electron chi connectivity index (χ2n) is 10.4. The number of carbonyl (C=O) groups is 3. The molecule has 2 fully saturated rings. The van der Waals surface area contributed by atoms with E-state index in [9.17, 15) is 14.4 Å². The molecule has 9 heteroatoms. The minimum atomic E-state index is -1.17. The predicted octanol–water partition coefficient (Wildman–Crippen LogP) is 4.37. The van der Waals surface area contributed by atoms with Gasteiger partial charge >= 0.3 is 0 Å². The first-order chi connectivity index (χ1) is 17.7. The molecule has 1 saturated heterocycles. The molecule has 2 N–H and O–H groups in total. The van der Waals surface area contributed by atoms with E-state index in [0.29, 0.717) is 61.2 Å². The van der Waals surface area contributed by atoms with Crippen LogP contribution >= 0.6 is 23.2 Å². The lowest BCUT2D eigenvalue weighted by Gasteiger charge is -2.47. The van der Waals surface area contributed by atoms with Gasteiger partial charge in [0.2, 0.25) is 17.7 Å². The van der Waals surface area contributed by atoms with Crippen LogP contribution in [-0.4, -0.2) is 59.2 Å². The fourth-order valence-corrected chi connectivity index (χ4v) is 6.51. The van der Waals surface area contributed by atoms with Crippen molar-refractivity contribution in [1.29, 1.82) is 0 Å². The molecule has 0 radical (unpaired) electrons. The fourth-order valence-electron chi connectivity index (χ4n) is 6.12. The van der Waals surface area contributed by atoms with Gasteiger partial charge in [0, 0.05) is 60.8 Å². The topological polar surface area (TPSA) is 81.8 Å². The number of nitrogens with one attached hydrogen (secondary N) is 2. The third kappa shape index (κ3) is 4.97. The van der Waals surface area contributed by atoms with E-state index in [1.54, 1.807) is 30.0 Å². The van der Waals surface area contributed by atoms with Gasteiger partial charge in [0.15, 0.2) is 0 Å². The number of amides is 3. The zero-order chi connectivity index (χ0) is 26.2. The van der Waals surface area contributed by atoms with Gasteiger partial charge in [-0.15, -0.1) is 0 Å². The van der Waals surface area contributed by atoms with Gasteiger partial charge in [0.25, 0.3) is 0 Å². The number of hydrogen-bond acceptors (Lipinski definition) is 4. The van der Waals surface area contributed by atoms with E-state index >= 15 is 0 Å². The molecule has 2 aliphatic heterocycles. The van der Waals surface area contributed by atoms with E-state index < -0.39 is 11.1 Å². The highest BCUT2D eigenvalue weighted by molar-refractivity contribution is 6.31. The lowest BCUT2D eigenvalue weighted by Crippen LogP contribution is -2.68. The summed E-state index contributed by atoms with van der Waals surface area (Å²) in [6.45, 7) is 3.58. The first kappa shape index (κ1) is 26.0. The van der Waals surface area contributed by atoms with E-state index in [0.717, 1.165) is 30.4 Å². The maximum Gasteiger partial charge on any atom is 0.249 e. The van der Waals surface area contributed by atoms with Crippen LogP contribution in [0.5, 0.6) is 0 Å². The molecule has 196 valence electrons. The van der Waals surface area contributed by atoms with E-state index in [1.165, 1.54) is 0 Å². The van der Waals surface area contributed by atoms with Crippen LogP contribution < -0.4 is 10.6 Å². The SMILES string of the molecule is CC(=O)N1CCN(C(=O)C2(NC3(Cc4cccc(Cl)c4)C(=O)Nc4cc(Cl)ccc43)CCCCC2)CC1. The Morgan fingerprint density at radius 3 is 2.30 bits per heavy atom. The molecule has 1 saturated carbocycles. The third-order valence-corrected chi connectivity index (χ3v) is 8.49. The Hall–Kier alpha value is -2.61. The fraction of sp³-hybridized carbons (Fsp3) is 0.464. The van der Waals surface area contributed by atoms with Gasteiger partial charge in [-0.05, 0) is 42.7 Å². The zero-order valence-corrected chi connectivity index (χ0v) is 22.5. The van der Waals surface area contributed by atoms with Gasteiger partial charge in [-0.3, -0.25) is 19.7 Å². The minimum Gasteiger partial charge on any atom is -0.339 e. The summed E-state index contributed by atoms with van der Waals surface area (Å²) in [4.78, 5) is 43.6. The molecule has 0 aromatic heterocycles. The number of anilines is 1. The zero-order valence-electron chi connectivity index (χ0n) is 21.0. The molecule has 0 spiro atoms. The van der Waals surface area contributed by atoms with Crippen LogP contribution in [0.2, 0.25) is 10.0 Å². The maximum atomic E-state index is 14.2. The van der Waals surface area contributed by atoms with Crippen LogP contribution in [0.4, 0.5) is 5.69 Å². The van der Waals surface area contributed by atoms with Crippen LogP contribution in [0.25, 0.3) is 0 Å². The van der Waals surface area contributed by atoms with Gasteiger partial charge in [-0.2, -0.15) is 0 Å². The number of carbonyl (C=O) groups excluding carboxylic acids is 3. The van der Waals surface area contributed by atoms with Crippen LogP contribution in [0.3, 0.4) is 0 Å². The smallest absolute Gasteiger partial charge is 0.249 e. The van der Waals surface area contributed by atoms with Gasteiger partial charge < -0.3 is 15.1 Å². The number of piperazine rings is 1. The summed E-state index contributed by atoms with van der Waals surface area (Å²) >= 11 is 12.6. The van der Waals surface area contributed by atoms with E-state index in [2.05, 4.69) is 10.6 Å². The lowest BCUT2D eigenvalue weighted by molar-refractivity contribution is -0.146. The number of rotatable bonds is 5. The largest absolute Gasteiger partial charge is 0.339 e. The highest BCUT2D eigenvalue weighted by Gasteiger charge is 2.54. The number of hydrogen-bond donors (Lipinski definition) is 2. The molecule has 1 atom stereocenters. The molecule has 2 aromatic rings. The Morgan fingerprint density at radius 1 is 0.946 bits per heavy atom. The van der Waals surface area contributed by atoms with Crippen molar-refractivity contribution in [2.45, 2.75) is 56.5 Å². The molecule has 5 rings (SSSR count). The minimum absolute atomic E-state index is 0.0103. The normalized spacial score (nSPS) is 22.9. The second kappa shape index (κ2) is 10.3. The van der Waals surface area contributed by atoms with Gasteiger partial charge in [-0.25, -0.2) is 0 Å². The van der Waals surface area contributed by atoms with Crippen molar-refractivity contribution >= 4 is 46.6 Å². The maximum absolute atomic E-state index is 14.2. The van der Waals surface area contributed by atoms with Crippen LogP contribution in [0.1, 0.15) is 50.2 Å². The Kier molecular flexibility index (Phi) is 7.22. The molecule has 0 bridgehead atoms. The van der Waals surface area contributed by atoms with Crippen molar-refractivity contribution in [1.82, 2.24) is 15.1 Å². The average molecular weight is 543 g/mol. The van der Waals surface area contributed by atoms with Crippen LogP contribution in [0, 0.1) is 0 Å². The van der Waals surface area contributed by atoms with E-state index in [-0.39, 0.29) is 17.7 Å². The Bertz CT molecular complexity index is 1220. The Morgan fingerprint density at radius 2 is 1.62 bits per heavy atom. The monoisotopic (exact) mass is 542 g/mol. The van der Waals surface area contributed by atoms with Gasteiger partial charge in [-0.1, -0.05) is 60.7 Å². The van der Waals surface area contributed by atoms with E-state index in [1.807, 2.05) is 29.2 Å². The quantitative estimate of drug-likeness (QED) is 0.587. The van der Waals surface area contributed by atoms with Crippen molar-refractivity contribution in [3.8, 4) is 0 Å². The lowest BCUT2D eigenvalue weighted by atomic mass is 9.75. The van der Waals surface area contributed by atoms with Crippen molar-refractivity contribution in [3.63, 3.8) is 0 Å². The highest BCUT2D eigenvalue weighted by atomic mass is 35.5. The molecule has 7 nitrogen and oxygen atoms in total. The Labute approximate surface area is 227 Å². The number of nitrogens with zero attached hydrogens (tertiary/aromatic N) is 2. The molecular weight excluding hydrogens is 511 g/mol. The number of fused-ring (bicyclic) bond motifs is 1. The Balaban J connectivity index is 1.54. The highest BCUT2D eigenvalue weighted by Crippen LogP contribution is 2.44. The summed E-state index contributed by atoms with van der Waals surface area (Å²) in [7, 11) is 0. The second-order valence-corrected chi connectivity index (χ2v) is 11.3. The molecule has 1 aliphatic carbocycles. The number of halogens is 2. The van der Waals surface area contributed by atoms with E-state index in [4.69, 9.17) is 23.2 Å². The summed E-state index contributed by atoms with van der Waals surface area (Å²) in [5, 5.41) is 7.84. The van der Waals surface area contributed by atoms with Gasteiger partial charge in [0.1, 0.15) is 5.54 Å². The third-order valence-electron chi connectivity index (χ3n) is 8.02. The van der Waals surface area contributed by atoms with Crippen molar-refractivity contribution in [2.75, 3.05) is 31.5 Å². The molecular formula is C28H32Cl2N4O3. The summed E-state index contributed by atoms with van der Waals surface area (Å²) in [5.41, 5.74) is 0.264.